The summed E-state index contributed by atoms with van der Waals surface area (Å²) in [6, 6.07) is 14.3. The molecule has 0 fully saturated rings. The monoisotopic (exact) mass is 434 g/mol. The normalized spacial score (nSPS) is 12.3. The first-order chi connectivity index (χ1) is 13.6. The number of carbonyl (C=O) groups is 2. The second kappa shape index (κ2) is 10.1. The number of hydrogen-bond donors (Lipinski definition) is 1. The summed E-state index contributed by atoms with van der Waals surface area (Å²) in [5, 5.41) is 3.90. The summed E-state index contributed by atoms with van der Waals surface area (Å²) in [5.41, 5.74) is 1.41. The van der Waals surface area contributed by atoms with Crippen LogP contribution in [0, 0.1) is 0 Å². The van der Waals surface area contributed by atoms with Gasteiger partial charge < -0.3 is 10.2 Å². The van der Waals surface area contributed by atoms with Crippen LogP contribution in [-0.2, 0) is 22.6 Å². The molecule has 2 amide bonds. The molecule has 156 valence electrons. The number of rotatable bonds is 7. The topological polar surface area (TPSA) is 49.4 Å². The molecule has 1 unspecified atom stereocenters. The zero-order valence-corrected chi connectivity index (χ0v) is 18.8. The molecule has 6 heteroatoms. The number of benzene rings is 2. The fraction of sp³-hybridized carbons (Fsp3) is 0.391. The second-order valence-corrected chi connectivity index (χ2v) is 8.88. The lowest BCUT2D eigenvalue weighted by Gasteiger charge is -2.33. The molecule has 0 aliphatic rings. The molecule has 2 rings (SSSR count). The van der Waals surface area contributed by atoms with Gasteiger partial charge in [0.05, 0.1) is 10.0 Å². The summed E-state index contributed by atoms with van der Waals surface area (Å²) < 4.78 is 0. The molecule has 0 spiro atoms. The number of nitrogens with zero attached hydrogens (tertiary/aromatic N) is 1. The molecular formula is C23H28Cl2N2O2. The largest absolute Gasteiger partial charge is 0.350 e. The Bertz CT molecular complexity index is 848. The predicted octanol–water partition coefficient (Wildman–Crippen LogP) is 5.26. The van der Waals surface area contributed by atoms with Gasteiger partial charge in [-0.05, 0) is 44.0 Å². The van der Waals surface area contributed by atoms with Crippen LogP contribution >= 0.6 is 23.2 Å². The highest BCUT2D eigenvalue weighted by molar-refractivity contribution is 6.42. The average Bonchev–Trinajstić information content (AvgIpc) is 2.66. The van der Waals surface area contributed by atoms with Crippen molar-refractivity contribution < 1.29 is 9.59 Å². The van der Waals surface area contributed by atoms with Gasteiger partial charge in [0, 0.05) is 24.9 Å². The third-order valence-electron chi connectivity index (χ3n) is 4.41. The predicted molar refractivity (Wildman–Crippen MR) is 119 cm³/mol. The van der Waals surface area contributed by atoms with Gasteiger partial charge in [0.25, 0.3) is 0 Å². The van der Waals surface area contributed by atoms with E-state index in [-0.39, 0.29) is 18.4 Å². The Labute approximate surface area is 183 Å². The summed E-state index contributed by atoms with van der Waals surface area (Å²) >= 11 is 12.2. The fourth-order valence-electron chi connectivity index (χ4n) is 3.04. The van der Waals surface area contributed by atoms with Gasteiger partial charge in [-0.3, -0.25) is 9.59 Å². The number of amides is 2. The van der Waals surface area contributed by atoms with Crippen LogP contribution in [0.3, 0.4) is 0 Å². The van der Waals surface area contributed by atoms with E-state index in [0.717, 1.165) is 11.1 Å². The van der Waals surface area contributed by atoms with E-state index in [0.29, 0.717) is 22.9 Å². The third kappa shape index (κ3) is 7.06. The molecule has 0 aromatic heterocycles. The molecule has 0 radical (unpaired) electrons. The van der Waals surface area contributed by atoms with Crippen molar-refractivity contribution in [2.45, 2.75) is 58.7 Å². The highest BCUT2D eigenvalue weighted by atomic mass is 35.5. The molecule has 2 aromatic carbocycles. The Hall–Kier alpha value is -2.04. The maximum absolute atomic E-state index is 13.2. The van der Waals surface area contributed by atoms with Crippen LogP contribution in [0.25, 0.3) is 0 Å². The second-order valence-electron chi connectivity index (χ2n) is 8.07. The highest BCUT2D eigenvalue weighted by Gasteiger charge is 2.31. The summed E-state index contributed by atoms with van der Waals surface area (Å²) in [6.45, 7) is 7.85. The summed E-state index contributed by atoms with van der Waals surface area (Å²) in [7, 11) is 0. The van der Waals surface area contributed by atoms with Crippen molar-refractivity contribution in [2.24, 2.45) is 0 Å². The van der Waals surface area contributed by atoms with E-state index >= 15 is 0 Å². The molecule has 4 nitrogen and oxygen atoms in total. The van der Waals surface area contributed by atoms with Gasteiger partial charge in [0.15, 0.2) is 0 Å². The van der Waals surface area contributed by atoms with Crippen LogP contribution in [0.4, 0.5) is 0 Å². The van der Waals surface area contributed by atoms with Gasteiger partial charge in [-0.25, -0.2) is 0 Å². The fourth-order valence-corrected chi connectivity index (χ4v) is 3.37. The van der Waals surface area contributed by atoms with E-state index in [4.69, 9.17) is 23.2 Å². The van der Waals surface area contributed by atoms with Crippen molar-refractivity contribution >= 4 is 35.0 Å². The summed E-state index contributed by atoms with van der Waals surface area (Å²) in [4.78, 5) is 27.7. The van der Waals surface area contributed by atoms with E-state index in [1.807, 2.05) is 57.2 Å². The van der Waals surface area contributed by atoms with Gasteiger partial charge in [-0.2, -0.15) is 0 Å². The molecule has 0 saturated carbocycles. The van der Waals surface area contributed by atoms with Crippen LogP contribution in [-0.4, -0.2) is 28.3 Å². The maximum Gasteiger partial charge on any atom is 0.243 e. The number of carbonyl (C=O) groups excluding carboxylic acids is 2. The number of nitrogens with one attached hydrogen (secondary N) is 1. The number of hydrogen-bond acceptors (Lipinski definition) is 2. The van der Waals surface area contributed by atoms with E-state index in [9.17, 15) is 9.59 Å². The SMILES string of the molecule is CCC(=O)N(Cc1ccc(Cl)c(Cl)c1)C(Cc1ccccc1)C(=O)NC(C)(C)C. The van der Waals surface area contributed by atoms with E-state index in [2.05, 4.69) is 5.32 Å². The van der Waals surface area contributed by atoms with Crippen LogP contribution in [0.1, 0.15) is 45.2 Å². The van der Waals surface area contributed by atoms with Crippen molar-refractivity contribution in [3.05, 3.63) is 69.7 Å². The first-order valence-corrected chi connectivity index (χ1v) is 10.5. The standard InChI is InChI=1S/C23H28Cl2N2O2/c1-5-21(28)27(15-17-11-12-18(24)19(25)13-17)20(22(29)26-23(2,3)4)14-16-9-7-6-8-10-16/h6-13,20H,5,14-15H2,1-4H3,(H,26,29). The summed E-state index contributed by atoms with van der Waals surface area (Å²) in [5.74, 6) is -0.274. The molecule has 2 aromatic rings. The van der Waals surface area contributed by atoms with Crippen LogP contribution in [0.5, 0.6) is 0 Å². The third-order valence-corrected chi connectivity index (χ3v) is 5.15. The van der Waals surface area contributed by atoms with Gasteiger partial charge in [-0.1, -0.05) is 66.5 Å². The highest BCUT2D eigenvalue weighted by Crippen LogP contribution is 2.24. The van der Waals surface area contributed by atoms with Crippen LogP contribution in [0.15, 0.2) is 48.5 Å². The van der Waals surface area contributed by atoms with Crippen molar-refractivity contribution in [3.8, 4) is 0 Å². The smallest absolute Gasteiger partial charge is 0.243 e. The zero-order chi connectivity index (χ0) is 21.6. The van der Waals surface area contributed by atoms with Crippen molar-refractivity contribution in [1.29, 1.82) is 0 Å². The molecule has 0 aliphatic heterocycles. The first kappa shape index (κ1) is 23.2. The molecule has 29 heavy (non-hydrogen) atoms. The number of halogens is 2. The molecule has 0 aliphatic carbocycles. The zero-order valence-electron chi connectivity index (χ0n) is 17.3. The lowest BCUT2D eigenvalue weighted by molar-refractivity contribution is -0.141. The van der Waals surface area contributed by atoms with Gasteiger partial charge in [-0.15, -0.1) is 0 Å². The van der Waals surface area contributed by atoms with Crippen molar-refractivity contribution in [3.63, 3.8) is 0 Å². The molecule has 0 bridgehead atoms. The van der Waals surface area contributed by atoms with Crippen molar-refractivity contribution in [2.75, 3.05) is 0 Å². The minimum absolute atomic E-state index is 0.0962. The Balaban J connectivity index is 2.40. The Morgan fingerprint density at radius 3 is 2.21 bits per heavy atom. The first-order valence-electron chi connectivity index (χ1n) is 9.70. The maximum atomic E-state index is 13.2. The quantitative estimate of drug-likeness (QED) is 0.645. The van der Waals surface area contributed by atoms with Gasteiger partial charge in [0.1, 0.15) is 6.04 Å². The minimum Gasteiger partial charge on any atom is -0.350 e. The lowest BCUT2D eigenvalue weighted by Crippen LogP contribution is -2.54. The van der Waals surface area contributed by atoms with E-state index in [1.165, 1.54) is 0 Å². The van der Waals surface area contributed by atoms with E-state index in [1.54, 1.807) is 24.0 Å². The van der Waals surface area contributed by atoms with Gasteiger partial charge >= 0.3 is 0 Å². The van der Waals surface area contributed by atoms with Gasteiger partial charge in [0.2, 0.25) is 11.8 Å². The summed E-state index contributed by atoms with van der Waals surface area (Å²) in [6.07, 6.45) is 0.727. The Morgan fingerprint density at radius 2 is 1.66 bits per heavy atom. The van der Waals surface area contributed by atoms with Crippen LogP contribution in [0.2, 0.25) is 10.0 Å². The lowest BCUT2D eigenvalue weighted by atomic mass is 10.0. The molecule has 0 heterocycles. The van der Waals surface area contributed by atoms with Crippen LogP contribution < -0.4 is 5.32 Å². The minimum atomic E-state index is -0.640. The molecular weight excluding hydrogens is 407 g/mol. The van der Waals surface area contributed by atoms with Crippen molar-refractivity contribution in [1.82, 2.24) is 10.2 Å². The van der Waals surface area contributed by atoms with E-state index < -0.39 is 11.6 Å². The molecule has 1 N–H and O–H groups in total. The Kier molecular flexibility index (Phi) is 8.12. The molecule has 0 saturated heterocycles. The molecule has 1 atom stereocenters. The average molecular weight is 435 g/mol. The Morgan fingerprint density at radius 1 is 1.00 bits per heavy atom.